The third-order valence-electron chi connectivity index (χ3n) is 4.31. The van der Waals surface area contributed by atoms with Gasteiger partial charge in [0.1, 0.15) is 6.04 Å². The Kier molecular flexibility index (Phi) is 4.71. The van der Waals surface area contributed by atoms with E-state index in [4.69, 9.17) is 0 Å². The lowest BCUT2D eigenvalue weighted by Crippen LogP contribution is -2.45. The number of nitrogens with one attached hydrogen (secondary N) is 1. The van der Waals surface area contributed by atoms with Gasteiger partial charge in [-0.3, -0.25) is 24.1 Å². The number of rotatable bonds is 5. The van der Waals surface area contributed by atoms with Gasteiger partial charge in [0.15, 0.2) is 0 Å². The number of carbonyl (C=O) groups is 3. The van der Waals surface area contributed by atoms with Gasteiger partial charge in [-0.1, -0.05) is 19.1 Å². The highest BCUT2D eigenvalue weighted by molar-refractivity contribution is 6.23. The number of pyridine rings is 1. The molecule has 0 aliphatic carbocycles. The fraction of sp³-hybridized carbons (Fsp3) is 0.263. The molecule has 7 heteroatoms. The van der Waals surface area contributed by atoms with Crippen LogP contribution in [0.1, 0.15) is 41.0 Å². The van der Waals surface area contributed by atoms with E-state index in [1.54, 1.807) is 30.5 Å². The number of aromatic nitrogens is 1. The number of carbonyl (C=O) groups excluding carboxylic acids is 3. The Bertz CT molecular complexity index is 913. The van der Waals surface area contributed by atoms with Gasteiger partial charge in [-0.15, -0.1) is 0 Å². The van der Waals surface area contributed by atoms with Gasteiger partial charge in [0.2, 0.25) is 5.91 Å². The second-order valence-electron chi connectivity index (χ2n) is 6.14. The molecular formula is C19H19N3O4. The maximum atomic E-state index is 12.6. The summed E-state index contributed by atoms with van der Waals surface area (Å²) in [6.45, 7) is 3.98. The summed E-state index contributed by atoms with van der Waals surface area (Å²) in [7, 11) is 0. The summed E-state index contributed by atoms with van der Waals surface area (Å²) in [5, 5.41) is 2.67. The molecule has 0 saturated carbocycles. The highest BCUT2D eigenvalue weighted by Crippen LogP contribution is 2.24. The maximum Gasteiger partial charge on any atom is 0.262 e. The number of fused-ring (bicyclic) bond motifs is 1. The molecule has 3 rings (SSSR count). The van der Waals surface area contributed by atoms with Gasteiger partial charge in [-0.25, -0.2) is 0 Å². The molecule has 1 aliphatic heterocycles. The topological polar surface area (TPSA) is 88.5 Å². The van der Waals surface area contributed by atoms with E-state index in [-0.39, 0.29) is 5.56 Å². The van der Waals surface area contributed by atoms with Crippen LogP contribution in [-0.4, -0.2) is 33.2 Å². The number of aryl methyl sites for hydroxylation is 1. The van der Waals surface area contributed by atoms with Crippen molar-refractivity contribution in [1.82, 2.24) is 9.47 Å². The van der Waals surface area contributed by atoms with Crippen molar-refractivity contribution in [3.8, 4) is 0 Å². The molecule has 0 spiro atoms. The van der Waals surface area contributed by atoms with Gasteiger partial charge >= 0.3 is 0 Å². The Morgan fingerprint density at radius 3 is 2.23 bits per heavy atom. The van der Waals surface area contributed by atoms with Crippen molar-refractivity contribution in [3.63, 3.8) is 0 Å². The lowest BCUT2D eigenvalue weighted by Gasteiger charge is -2.21. The average molecular weight is 353 g/mol. The average Bonchev–Trinajstić information content (AvgIpc) is 2.89. The van der Waals surface area contributed by atoms with Crippen LogP contribution in [0.25, 0.3) is 0 Å². The Morgan fingerprint density at radius 1 is 1.04 bits per heavy atom. The zero-order chi connectivity index (χ0) is 18.8. The monoisotopic (exact) mass is 353 g/mol. The predicted octanol–water partition coefficient (Wildman–Crippen LogP) is 1.88. The molecule has 0 bridgehead atoms. The van der Waals surface area contributed by atoms with Gasteiger partial charge in [0.05, 0.1) is 16.8 Å². The van der Waals surface area contributed by atoms with E-state index in [0.717, 1.165) is 11.3 Å². The zero-order valence-electron chi connectivity index (χ0n) is 14.6. The molecule has 0 saturated heterocycles. The van der Waals surface area contributed by atoms with Crippen LogP contribution >= 0.6 is 0 Å². The molecule has 134 valence electrons. The van der Waals surface area contributed by atoms with E-state index in [1.807, 2.05) is 6.92 Å². The summed E-state index contributed by atoms with van der Waals surface area (Å²) in [5.41, 5.74) is 0.882. The SMILES string of the molecule is CCCn1cc(NC(=O)C(C)N2C(=O)c3ccccc3C2=O)ccc1=O. The fourth-order valence-electron chi connectivity index (χ4n) is 2.94. The molecular weight excluding hydrogens is 334 g/mol. The fourth-order valence-corrected chi connectivity index (χ4v) is 2.94. The molecule has 1 aromatic carbocycles. The minimum absolute atomic E-state index is 0.154. The Morgan fingerprint density at radius 2 is 1.65 bits per heavy atom. The normalized spacial score (nSPS) is 14.3. The summed E-state index contributed by atoms with van der Waals surface area (Å²) in [5.74, 6) is -1.46. The van der Waals surface area contributed by atoms with Crippen LogP contribution in [0.3, 0.4) is 0 Å². The van der Waals surface area contributed by atoms with Crippen molar-refractivity contribution in [2.75, 3.05) is 5.32 Å². The highest BCUT2D eigenvalue weighted by Gasteiger charge is 2.40. The zero-order valence-corrected chi connectivity index (χ0v) is 14.6. The van der Waals surface area contributed by atoms with Crippen molar-refractivity contribution in [2.24, 2.45) is 0 Å². The van der Waals surface area contributed by atoms with Crippen LogP contribution in [0, 0.1) is 0 Å². The van der Waals surface area contributed by atoms with E-state index in [1.165, 1.54) is 23.6 Å². The second-order valence-corrected chi connectivity index (χ2v) is 6.14. The molecule has 2 aromatic rings. The molecule has 26 heavy (non-hydrogen) atoms. The first kappa shape index (κ1) is 17.6. The number of anilines is 1. The van der Waals surface area contributed by atoms with Crippen LogP contribution in [0.5, 0.6) is 0 Å². The third-order valence-corrected chi connectivity index (χ3v) is 4.31. The first-order valence-corrected chi connectivity index (χ1v) is 8.42. The predicted molar refractivity (Wildman–Crippen MR) is 96.0 cm³/mol. The largest absolute Gasteiger partial charge is 0.323 e. The molecule has 2 heterocycles. The molecule has 1 aromatic heterocycles. The Hall–Kier alpha value is -3.22. The van der Waals surface area contributed by atoms with Crippen LogP contribution in [-0.2, 0) is 11.3 Å². The molecule has 0 fully saturated rings. The number of benzene rings is 1. The lowest BCUT2D eigenvalue weighted by atomic mass is 10.1. The van der Waals surface area contributed by atoms with Crippen LogP contribution in [0.15, 0.2) is 47.4 Å². The molecule has 3 amide bonds. The minimum Gasteiger partial charge on any atom is -0.323 e. The van der Waals surface area contributed by atoms with Gasteiger partial charge in [-0.05, 0) is 31.5 Å². The van der Waals surface area contributed by atoms with Gasteiger partial charge in [0, 0.05) is 18.8 Å². The highest BCUT2D eigenvalue weighted by atomic mass is 16.2. The molecule has 7 nitrogen and oxygen atoms in total. The molecule has 1 atom stereocenters. The van der Waals surface area contributed by atoms with E-state index >= 15 is 0 Å². The number of nitrogens with zero attached hydrogens (tertiary/aromatic N) is 2. The van der Waals surface area contributed by atoms with Gasteiger partial charge in [0.25, 0.3) is 17.4 Å². The molecule has 0 radical (unpaired) electrons. The number of hydrogen-bond acceptors (Lipinski definition) is 4. The van der Waals surface area contributed by atoms with Crippen molar-refractivity contribution < 1.29 is 14.4 Å². The Labute approximate surface area is 150 Å². The summed E-state index contributed by atoms with van der Waals surface area (Å²) in [6, 6.07) is 8.39. The van der Waals surface area contributed by atoms with E-state index in [2.05, 4.69) is 5.32 Å². The van der Waals surface area contributed by atoms with E-state index in [9.17, 15) is 19.2 Å². The number of amides is 3. The summed E-state index contributed by atoms with van der Waals surface area (Å²) < 4.78 is 1.50. The smallest absolute Gasteiger partial charge is 0.262 e. The lowest BCUT2D eigenvalue weighted by molar-refractivity contribution is -0.119. The van der Waals surface area contributed by atoms with Crippen molar-refractivity contribution in [2.45, 2.75) is 32.9 Å². The molecule has 1 aliphatic rings. The van der Waals surface area contributed by atoms with Gasteiger partial charge < -0.3 is 9.88 Å². The summed E-state index contributed by atoms with van der Waals surface area (Å²) >= 11 is 0. The van der Waals surface area contributed by atoms with Crippen molar-refractivity contribution in [3.05, 3.63) is 64.1 Å². The standard InChI is InChI=1S/C19H19N3O4/c1-3-10-21-11-13(8-9-16(21)23)20-17(24)12(2)22-18(25)14-6-4-5-7-15(14)19(22)26/h4-9,11-12H,3,10H2,1-2H3,(H,20,24). The van der Waals surface area contributed by atoms with Gasteiger partial charge in [-0.2, -0.15) is 0 Å². The van der Waals surface area contributed by atoms with Crippen LogP contribution in [0.2, 0.25) is 0 Å². The third kappa shape index (κ3) is 3.03. The number of hydrogen-bond donors (Lipinski definition) is 1. The van der Waals surface area contributed by atoms with E-state index in [0.29, 0.717) is 23.4 Å². The molecule has 1 unspecified atom stereocenters. The van der Waals surface area contributed by atoms with Crippen molar-refractivity contribution in [1.29, 1.82) is 0 Å². The van der Waals surface area contributed by atoms with Crippen LogP contribution in [0.4, 0.5) is 5.69 Å². The summed E-state index contributed by atoms with van der Waals surface area (Å²) in [4.78, 5) is 50.2. The number of imide groups is 1. The summed E-state index contributed by atoms with van der Waals surface area (Å²) in [6.07, 6.45) is 2.33. The maximum absolute atomic E-state index is 12.6. The minimum atomic E-state index is -0.978. The second kappa shape index (κ2) is 6.95. The first-order chi connectivity index (χ1) is 12.4. The van der Waals surface area contributed by atoms with Crippen molar-refractivity contribution >= 4 is 23.4 Å². The van der Waals surface area contributed by atoms with E-state index < -0.39 is 23.8 Å². The quantitative estimate of drug-likeness (QED) is 0.831. The van der Waals surface area contributed by atoms with Crippen LogP contribution < -0.4 is 10.9 Å². The first-order valence-electron chi connectivity index (χ1n) is 8.42. The Balaban J connectivity index is 1.79. The molecule has 1 N–H and O–H groups in total.